The highest BCUT2D eigenvalue weighted by atomic mass is 16.6. The Hall–Kier alpha value is -3.88. The van der Waals surface area contributed by atoms with E-state index in [2.05, 4.69) is 31.4 Å². The second-order valence-electron chi connectivity index (χ2n) is 7.44. The lowest BCUT2D eigenvalue weighted by molar-refractivity contribution is 0.0697. The lowest BCUT2D eigenvalue weighted by atomic mass is 10.0. The highest BCUT2D eigenvalue weighted by Gasteiger charge is 2.15. The fraction of sp³-hybridized carbons (Fsp3) is 0.273. The first-order valence-corrected chi connectivity index (χ1v) is 10.1. The predicted octanol–water partition coefficient (Wildman–Crippen LogP) is 2.65. The van der Waals surface area contributed by atoms with Crippen molar-refractivity contribution in [3.63, 3.8) is 0 Å². The molecule has 2 aromatic carbocycles. The van der Waals surface area contributed by atoms with Gasteiger partial charge in [-0.25, -0.2) is 4.79 Å². The number of carboxylic acids is 1. The summed E-state index contributed by atoms with van der Waals surface area (Å²) < 4.78 is 13.4. The molecule has 3 heterocycles. The van der Waals surface area contributed by atoms with Crippen LogP contribution in [-0.2, 0) is 25.8 Å². The van der Waals surface area contributed by atoms with Crippen LogP contribution in [0.4, 0.5) is 0 Å². The van der Waals surface area contributed by atoms with Crippen LogP contribution in [0.3, 0.4) is 0 Å². The smallest absolute Gasteiger partial charge is 0.335 e. The van der Waals surface area contributed by atoms with Crippen LogP contribution >= 0.6 is 0 Å². The van der Waals surface area contributed by atoms with Crippen LogP contribution in [0.15, 0.2) is 42.6 Å². The number of tetrazole rings is 1. The first-order valence-electron chi connectivity index (χ1n) is 10.1. The monoisotopic (exact) mass is 419 g/mol. The third-order valence-corrected chi connectivity index (χ3v) is 5.47. The zero-order valence-electron chi connectivity index (χ0n) is 16.7. The molecule has 0 saturated heterocycles. The van der Waals surface area contributed by atoms with E-state index in [-0.39, 0.29) is 5.56 Å². The number of ether oxygens (including phenoxy) is 2. The van der Waals surface area contributed by atoms with Crippen molar-refractivity contribution < 1.29 is 19.4 Å². The van der Waals surface area contributed by atoms with Crippen LogP contribution in [0, 0.1) is 0 Å². The fourth-order valence-electron chi connectivity index (χ4n) is 3.92. The summed E-state index contributed by atoms with van der Waals surface area (Å²) in [6.45, 7) is 1.80. The summed E-state index contributed by atoms with van der Waals surface area (Å²) in [5, 5.41) is 24.5. The molecule has 2 aromatic heterocycles. The van der Waals surface area contributed by atoms with E-state index in [1.165, 1.54) is 0 Å². The Morgan fingerprint density at radius 3 is 2.74 bits per heavy atom. The van der Waals surface area contributed by atoms with E-state index >= 15 is 0 Å². The minimum absolute atomic E-state index is 0.281. The van der Waals surface area contributed by atoms with Gasteiger partial charge in [-0.1, -0.05) is 11.3 Å². The summed E-state index contributed by atoms with van der Waals surface area (Å²) in [7, 11) is 0. The number of nitrogens with zero attached hydrogens (tertiary/aromatic N) is 4. The minimum Gasteiger partial charge on any atom is -0.486 e. The van der Waals surface area contributed by atoms with Gasteiger partial charge in [0.05, 0.1) is 5.56 Å². The maximum absolute atomic E-state index is 11.5. The quantitative estimate of drug-likeness (QED) is 0.473. The number of rotatable bonds is 7. The Morgan fingerprint density at radius 2 is 1.94 bits per heavy atom. The van der Waals surface area contributed by atoms with Gasteiger partial charge in [-0.05, 0) is 54.3 Å². The average molecular weight is 419 g/mol. The van der Waals surface area contributed by atoms with Crippen LogP contribution in [0.5, 0.6) is 11.5 Å². The molecular weight excluding hydrogens is 398 g/mol. The van der Waals surface area contributed by atoms with Gasteiger partial charge < -0.3 is 19.1 Å². The van der Waals surface area contributed by atoms with E-state index in [4.69, 9.17) is 9.47 Å². The molecule has 0 radical (unpaired) electrons. The van der Waals surface area contributed by atoms with Gasteiger partial charge in [0, 0.05) is 30.1 Å². The molecule has 0 atom stereocenters. The van der Waals surface area contributed by atoms with Gasteiger partial charge in [0.15, 0.2) is 17.3 Å². The summed E-state index contributed by atoms with van der Waals surface area (Å²) in [5.74, 6) is 1.26. The van der Waals surface area contributed by atoms with Gasteiger partial charge in [-0.15, -0.1) is 10.2 Å². The summed E-state index contributed by atoms with van der Waals surface area (Å²) in [6.07, 6.45) is 4.29. The van der Waals surface area contributed by atoms with Gasteiger partial charge in [0.2, 0.25) is 0 Å². The standard InChI is InChI=1S/C22H21N5O4/c28-22(29)15-4-5-18-17(12-15)16(13-27(18)8-7-21-23-25-26-24-21)3-1-14-2-6-19-20(11-14)31-10-9-30-19/h2,4-6,11-13H,1,3,7-10H2,(H,28,29)(H,23,24,25,26). The molecule has 2 N–H and O–H groups in total. The van der Waals surface area contributed by atoms with Gasteiger partial charge in [0.1, 0.15) is 13.2 Å². The third kappa shape index (κ3) is 3.94. The second kappa shape index (κ2) is 8.10. The van der Waals surface area contributed by atoms with E-state index in [1.807, 2.05) is 24.3 Å². The molecule has 0 bridgehead atoms. The van der Waals surface area contributed by atoms with Crippen LogP contribution in [-0.4, -0.2) is 49.5 Å². The Morgan fingerprint density at radius 1 is 1.06 bits per heavy atom. The summed E-state index contributed by atoms with van der Waals surface area (Å²) >= 11 is 0. The van der Waals surface area contributed by atoms with Gasteiger partial charge in [0.25, 0.3) is 0 Å². The van der Waals surface area contributed by atoms with Crippen molar-refractivity contribution in [2.75, 3.05) is 13.2 Å². The van der Waals surface area contributed by atoms with Crippen LogP contribution in [0.25, 0.3) is 10.9 Å². The van der Waals surface area contributed by atoms with Gasteiger partial charge in [-0.2, -0.15) is 5.21 Å². The molecular formula is C22H21N5O4. The summed E-state index contributed by atoms with van der Waals surface area (Å²) in [4.78, 5) is 11.5. The van der Waals surface area contributed by atoms with Crippen molar-refractivity contribution >= 4 is 16.9 Å². The van der Waals surface area contributed by atoms with Crippen molar-refractivity contribution in [3.05, 3.63) is 65.1 Å². The third-order valence-electron chi connectivity index (χ3n) is 5.47. The maximum Gasteiger partial charge on any atom is 0.335 e. The number of hydrogen-bond donors (Lipinski definition) is 2. The van der Waals surface area contributed by atoms with Gasteiger partial charge in [-0.3, -0.25) is 0 Å². The van der Waals surface area contributed by atoms with Crippen LogP contribution < -0.4 is 9.47 Å². The molecule has 0 amide bonds. The van der Waals surface area contributed by atoms with Crippen molar-refractivity contribution in [3.8, 4) is 11.5 Å². The van der Waals surface area contributed by atoms with E-state index in [0.717, 1.165) is 46.4 Å². The number of fused-ring (bicyclic) bond motifs is 2. The maximum atomic E-state index is 11.5. The molecule has 158 valence electrons. The molecule has 9 heteroatoms. The van der Waals surface area contributed by atoms with Crippen LogP contribution in [0.2, 0.25) is 0 Å². The number of aromatic amines is 1. The van der Waals surface area contributed by atoms with Crippen molar-refractivity contribution in [1.29, 1.82) is 0 Å². The zero-order valence-corrected chi connectivity index (χ0v) is 16.7. The molecule has 0 saturated carbocycles. The Balaban J connectivity index is 1.42. The Kier molecular flexibility index (Phi) is 4.99. The van der Waals surface area contributed by atoms with Gasteiger partial charge >= 0.3 is 5.97 Å². The molecule has 0 aliphatic carbocycles. The number of aryl methyl sites for hydroxylation is 4. The normalized spacial score (nSPS) is 12.9. The fourth-order valence-corrected chi connectivity index (χ4v) is 3.92. The first-order chi connectivity index (χ1) is 15.2. The SMILES string of the molecule is O=C(O)c1ccc2c(c1)c(CCc1ccc3c(c1)OCCO3)cn2CCc1nn[nH]n1. The Labute approximate surface area is 177 Å². The number of nitrogens with one attached hydrogen (secondary N) is 1. The number of carboxylic acid groups (broad SMARTS) is 1. The summed E-state index contributed by atoms with van der Waals surface area (Å²) in [6, 6.07) is 11.3. The van der Waals surface area contributed by atoms with E-state index in [1.54, 1.807) is 12.1 Å². The van der Waals surface area contributed by atoms with E-state index in [9.17, 15) is 9.90 Å². The molecule has 4 aromatic rings. The molecule has 0 fully saturated rings. The highest BCUT2D eigenvalue weighted by Crippen LogP contribution is 2.32. The van der Waals surface area contributed by atoms with Crippen molar-refractivity contribution in [2.45, 2.75) is 25.8 Å². The topological polar surface area (TPSA) is 115 Å². The number of benzene rings is 2. The number of H-pyrrole nitrogens is 1. The summed E-state index contributed by atoms with van der Waals surface area (Å²) in [5.41, 5.74) is 3.52. The molecule has 31 heavy (non-hydrogen) atoms. The molecule has 0 unspecified atom stereocenters. The Bertz CT molecular complexity index is 1230. The lowest BCUT2D eigenvalue weighted by Gasteiger charge is -2.18. The van der Waals surface area contributed by atoms with E-state index in [0.29, 0.717) is 32.0 Å². The number of carbonyl (C=O) groups is 1. The van der Waals surface area contributed by atoms with Crippen LogP contribution in [0.1, 0.15) is 27.3 Å². The molecule has 1 aliphatic heterocycles. The highest BCUT2D eigenvalue weighted by molar-refractivity contribution is 5.95. The van der Waals surface area contributed by atoms with Crippen molar-refractivity contribution in [2.24, 2.45) is 0 Å². The number of aromatic carboxylic acids is 1. The molecule has 5 rings (SSSR count). The predicted molar refractivity (Wildman–Crippen MR) is 112 cm³/mol. The molecule has 9 nitrogen and oxygen atoms in total. The lowest BCUT2D eigenvalue weighted by Crippen LogP contribution is -2.15. The largest absolute Gasteiger partial charge is 0.486 e. The molecule has 1 aliphatic rings. The zero-order chi connectivity index (χ0) is 21.2. The van der Waals surface area contributed by atoms with E-state index < -0.39 is 5.97 Å². The van der Waals surface area contributed by atoms with Crippen molar-refractivity contribution in [1.82, 2.24) is 25.2 Å². The second-order valence-corrected chi connectivity index (χ2v) is 7.44. The first kappa shape index (κ1) is 19.1. The average Bonchev–Trinajstić information content (AvgIpc) is 3.43. The minimum atomic E-state index is -0.931. The number of aromatic nitrogens is 5. The number of hydrogen-bond acceptors (Lipinski definition) is 6. The molecule has 0 spiro atoms.